The fraction of sp³-hybridized carbons (Fsp3) is 0.476. The summed E-state index contributed by atoms with van der Waals surface area (Å²) in [6.45, 7) is 8.17. The van der Waals surface area contributed by atoms with Crippen LogP contribution in [0.2, 0.25) is 0 Å². The van der Waals surface area contributed by atoms with Crippen molar-refractivity contribution in [3.8, 4) is 11.5 Å². The third-order valence-electron chi connectivity index (χ3n) is 5.07. The molecular formula is C21H27N3O3. The second kappa shape index (κ2) is 7.64. The molecule has 0 bridgehead atoms. The number of ether oxygens (including phenoxy) is 2. The van der Waals surface area contributed by atoms with E-state index < -0.39 is 0 Å². The zero-order chi connectivity index (χ0) is 18.8. The van der Waals surface area contributed by atoms with Gasteiger partial charge in [-0.3, -0.25) is 9.69 Å². The summed E-state index contributed by atoms with van der Waals surface area (Å²) in [5.74, 6) is 2.09. The molecular weight excluding hydrogens is 342 g/mol. The predicted octanol–water partition coefficient (Wildman–Crippen LogP) is 2.44. The van der Waals surface area contributed by atoms with E-state index in [9.17, 15) is 4.79 Å². The maximum absolute atomic E-state index is 12.5. The summed E-state index contributed by atoms with van der Waals surface area (Å²) in [7, 11) is 0. The molecule has 0 aliphatic carbocycles. The summed E-state index contributed by atoms with van der Waals surface area (Å²) in [6.07, 6.45) is 2.11. The van der Waals surface area contributed by atoms with Gasteiger partial charge in [0.1, 0.15) is 13.2 Å². The molecule has 0 fully saturated rings. The first-order chi connectivity index (χ1) is 13.1. The Morgan fingerprint density at radius 2 is 2.00 bits per heavy atom. The van der Waals surface area contributed by atoms with E-state index in [1.165, 1.54) is 5.69 Å². The fourth-order valence-corrected chi connectivity index (χ4v) is 3.77. The van der Waals surface area contributed by atoms with Crippen molar-refractivity contribution in [2.75, 3.05) is 32.8 Å². The number of hydrogen-bond acceptors (Lipinski definition) is 4. The molecule has 0 spiro atoms. The standard InChI is InChI=1S/C21H27N3O3/c1-15(2)13-22-20(25)14-24-9-8-23-7-3-4-17(23)21(24)16-5-6-18-19(12-16)27-11-10-26-18/h3-7,12,15,21H,8-11,13-14H2,1-2H3,(H,22,25)/t21-/m1/s1. The number of rotatable bonds is 5. The maximum Gasteiger partial charge on any atom is 0.234 e. The lowest BCUT2D eigenvalue weighted by molar-refractivity contribution is -0.123. The monoisotopic (exact) mass is 369 g/mol. The molecule has 1 atom stereocenters. The van der Waals surface area contributed by atoms with Gasteiger partial charge in [0, 0.05) is 31.5 Å². The normalized spacial score (nSPS) is 19.0. The number of hydrogen-bond donors (Lipinski definition) is 1. The SMILES string of the molecule is CC(C)CNC(=O)CN1CCn2cccc2[C@H]1c1ccc2c(c1)OCCO2. The van der Waals surface area contributed by atoms with Gasteiger partial charge < -0.3 is 19.4 Å². The third-order valence-corrected chi connectivity index (χ3v) is 5.07. The maximum atomic E-state index is 12.5. The van der Waals surface area contributed by atoms with Gasteiger partial charge in [-0.2, -0.15) is 0 Å². The Morgan fingerprint density at radius 1 is 1.19 bits per heavy atom. The molecule has 0 radical (unpaired) electrons. The Labute approximate surface area is 160 Å². The molecule has 1 aromatic carbocycles. The zero-order valence-electron chi connectivity index (χ0n) is 16.0. The molecule has 0 unspecified atom stereocenters. The summed E-state index contributed by atoms with van der Waals surface area (Å²) < 4.78 is 13.7. The molecule has 0 saturated heterocycles. The minimum atomic E-state index is 0.0226. The molecule has 6 heteroatoms. The van der Waals surface area contributed by atoms with Crippen molar-refractivity contribution in [2.24, 2.45) is 5.92 Å². The van der Waals surface area contributed by atoms with Gasteiger partial charge in [0.05, 0.1) is 12.6 Å². The van der Waals surface area contributed by atoms with Gasteiger partial charge in [-0.1, -0.05) is 19.9 Å². The molecule has 1 N–H and O–H groups in total. The van der Waals surface area contributed by atoms with Crippen LogP contribution in [0.3, 0.4) is 0 Å². The molecule has 2 aromatic rings. The van der Waals surface area contributed by atoms with Gasteiger partial charge in [0.2, 0.25) is 5.91 Å². The quantitative estimate of drug-likeness (QED) is 0.880. The Balaban J connectivity index is 1.61. The lowest BCUT2D eigenvalue weighted by atomic mass is 9.99. The van der Waals surface area contributed by atoms with Gasteiger partial charge in [-0.15, -0.1) is 0 Å². The first kappa shape index (κ1) is 17.9. The van der Waals surface area contributed by atoms with Crippen LogP contribution in [0, 0.1) is 5.92 Å². The van der Waals surface area contributed by atoms with Crippen molar-refractivity contribution >= 4 is 5.91 Å². The van der Waals surface area contributed by atoms with Crippen LogP contribution in [-0.4, -0.2) is 48.2 Å². The first-order valence-corrected chi connectivity index (χ1v) is 9.67. The van der Waals surface area contributed by atoms with Gasteiger partial charge in [0.15, 0.2) is 11.5 Å². The van der Waals surface area contributed by atoms with Gasteiger partial charge >= 0.3 is 0 Å². The number of carbonyl (C=O) groups is 1. The predicted molar refractivity (Wildman–Crippen MR) is 103 cm³/mol. The fourth-order valence-electron chi connectivity index (χ4n) is 3.77. The smallest absolute Gasteiger partial charge is 0.234 e. The van der Waals surface area contributed by atoms with Gasteiger partial charge in [-0.05, 0) is 35.7 Å². The Hall–Kier alpha value is -2.47. The van der Waals surface area contributed by atoms with E-state index in [2.05, 4.69) is 59.1 Å². The first-order valence-electron chi connectivity index (χ1n) is 9.67. The Kier molecular flexibility index (Phi) is 5.07. The second-order valence-electron chi connectivity index (χ2n) is 7.60. The lowest BCUT2D eigenvalue weighted by Crippen LogP contribution is -2.44. The summed E-state index contributed by atoms with van der Waals surface area (Å²) in [6, 6.07) is 10.3. The van der Waals surface area contributed by atoms with Crippen LogP contribution >= 0.6 is 0 Å². The lowest BCUT2D eigenvalue weighted by Gasteiger charge is -2.37. The van der Waals surface area contributed by atoms with Crippen molar-refractivity contribution < 1.29 is 14.3 Å². The van der Waals surface area contributed by atoms with E-state index in [1.54, 1.807) is 0 Å². The Bertz CT molecular complexity index is 815. The molecule has 2 aliphatic rings. The van der Waals surface area contributed by atoms with Crippen molar-refractivity contribution in [1.82, 2.24) is 14.8 Å². The molecule has 27 heavy (non-hydrogen) atoms. The van der Waals surface area contributed by atoms with Crippen LogP contribution < -0.4 is 14.8 Å². The van der Waals surface area contributed by atoms with Crippen LogP contribution in [0.25, 0.3) is 0 Å². The molecule has 1 amide bonds. The van der Waals surface area contributed by atoms with Crippen LogP contribution in [0.5, 0.6) is 11.5 Å². The minimum Gasteiger partial charge on any atom is -0.486 e. The van der Waals surface area contributed by atoms with Crippen LogP contribution in [0.15, 0.2) is 36.5 Å². The molecule has 0 saturated carbocycles. The average Bonchev–Trinajstić information content (AvgIpc) is 3.14. The minimum absolute atomic E-state index is 0.0226. The molecule has 6 nitrogen and oxygen atoms in total. The van der Waals surface area contributed by atoms with Crippen molar-refractivity contribution in [3.63, 3.8) is 0 Å². The zero-order valence-corrected chi connectivity index (χ0v) is 16.0. The van der Waals surface area contributed by atoms with Crippen LogP contribution in [0.1, 0.15) is 31.1 Å². The van der Waals surface area contributed by atoms with Gasteiger partial charge in [-0.25, -0.2) is 0 Å². The van der Waals surface area contributed by atoms with Gasteiger partial charge in [0.25, 0.3) is 0 Å². The molecule has 1 aromatic heterocycles. The summed E-state index contributed by atoms with van der Waals surface area (Å²) in [5.41, 5.74) is 2.32. The number of fused-ring (bicyclic) bond motifs is 2. The van der Waals surface area contributed by atoms with E-state index >= 15 is 0 Å². The van der Waals surface area contributed by atoms with Crippen LogP contribution in [-0.2, 0) is 11.3 Å². The van der Waals surface area contributed by atoms with Crippen LogP contribution in [0.4, 0.5) is 0 Å². The van der Waals surface area contributed by atoms with Crippen molar-refractivity contribution in [3.05, 3.63) is 47.8 Å². The average molecular weight is 369 g/mol. The highest BCUT2D eigenvalue weighted by molar-refractivity contribution is 5.78. The summed E-state index contributed by atoms with van der Waals surface area (Å²) in [4.78, 5) is 14.7. The number of benzene rings is 1. The Morgan fingerprint density at radius 3 is 2.81 bits per heavy atom. The summed E-state index contributed by atoms with van der Waals surface area (Å²) >= 11 is 0. The van der Waals surface area contributed by atoms with E-state index in [0.29, 0.717) is 32.2 Å². The number of amides is 1. The van der Waals surface area contributed by atoms with E-state index in [4.69, 9.17) is 9.47 Å². The third kappa shape index (κ3) is 3.81. The number of carbonyl (C=O) groups excluding carboxylic acids is 1. The largest absolute Gasteiger partial charge is 0.486 e. The van der Waals surface area contributed by atoms with E-state index in [1.807, 2.05) is 6.07 Å². The number of nitrogens with one attached hydrogen (secondary N) is 1. The second-order valence-corrected chi connectivity index (χ2v) is 7.60. The highest BCUT2D eigenvalue weighted by Gasteiger charge is 2.31. The summed E-state index contributed by atoms with van der Waals surface area (Å²) in [5, 5.41) is 3.04. The highest BCUT2D eigenvalue weighted by atomic mass is 16.6. The highest BCUT2D eigenvalue weighted by Crippen LogP contribution is 2.38. The topological polar surface area (TPSA) is 55.7 Å². The number of nitrogens with zero attached hydrogens (tertiary/aromatic N) is 2. The molecule has 3 heterocycles. The van der Waals surface area contributed by atoms with E-state index in [0.717, 1.165) is 30.2 Å². The van der Waals surface area contributed by atoms with Crippen molar-refractivity contribution in [2.45, 2.75) is 26.4 Å². The van der Waals surface area contributed by atoms with Crippen molar-refractivity contribution in [1.29, 1.82) is 0 Å². The molecule has 2 aliphatic heterocycles. The molecule has 144 valence electrons. The van der Waals surface area contributed by atoms with E-state index in [-0.39, 0.29) is 11.9 Å². The molecule has 4 rings (SSSR count). The number of aromatic nitrogens is 1.